The minimum absolute atomic E-state index is 0.00123. The molecule has 6 rings (SSSR count). The van der Waals surface area contributed by atoms with Crippen molar-refractivity contribution < 1.29 is 33.6 Å². The highest BCUT2D eigenvalue weighted by Crippen LogP contribution is 2.40. The van der Waals surface area contributed by atoms with Crippen molar-refractivity contribution in [3.8, 4) is 28.6 Å². The molecule has 0 fully saturated rings. The van der Waals surface area contributed by atoms with Crippen LogP contribution >= 0.6 is 0 Å². The molecule has 0 aliphatic heterocycles. The molecule has 0 N–H and O–H groups in total. The topological polar surface area (TPSA) is 164 Å². The largest absolute Gasteiger partial charge is 0.497 e. The van der Waals surface area contributed by atoms with Gasteiger partial charge in [0.15, 0.2) is 0 Å². The van der Waals surface area contributed by atoms with Crippen LogP contribution in [0, 0.1) is 20.2 Å². The maximum absolute atomic E-state index is 11.9. The Morgan fingerprint density at radius 2 is 1.00 bits per heavy atom. The Labute approximate surface area is 322 Å². The number of para-hydroxylation sites is 1. The van der Waals surface area contributed by atoms with Crippen LogP contribution in [-0.4, -0.2) is 76.0 Å². The van der Waals surface area contributed by atoms with Gasteiger partial charge < -0.3 is 33.1 Å². The molecule has 15 nitrogen and oxygen atoms in total. The fourth-order valence-electron chi connectivity index (χ4n) is 5.99. The molecule has 0 aliphatic rings. The van der Waals surface area contributed by atoms with E-state index in [0.717, 1.165) is 5.69 Å². The lowest BCUT2D eigenvalue weighted by molar-refractivity contribution is -0.383. The lowest BCUT2D eigenvalue weighted by Gasteiger charge is -2.10. The van der Waals surface area contributed by atoms with E-state index in [9.17, 15) is 29.8 Å². The zero-order valence-corrected chi connectivity index (χ0v) is 31.8. The van der Waals surface area contributed by atoms with Crippen molar-refractivity contribution in [2.24, 2.45) is 0 Å². The average molecular weight is 761 g/mol. The molecule has 0 spiro atoms. The first-order chi connectivity index (χ1) is 26.7. The molecule has 0 unspecified atom stereocenters. The van der Waals surface area contributed by atoms with E-state index in [2.05, 4.69) is 0 Å². The Hall–Kier alpha value is -7.42. The lowest BCUT2D eigenvalue weighted by atomic mass is 10.2. The quantitative estimate of drug-likeness (QED) is 0.0544. The number of nitrogens with zero attached hydrogens (tertiary/aromatic N) is 6. The van der Waals surface area contributed by atoms with Crippen LogP contribution in [0.25, 0.3) is 45.3 Å². The molecule has 288 valence electrons. The molecule has 0 amide bonds. The van der Waals surface area contributed by atoms with Gasteiger partial charge in [-0.05, 0) is 72.8 Å². The number of esters is 2. The summed E-state index contributed by atoms with van der Waals surface area (Å²) in [6.45, 7) is 2.62. The molecular formula is C41H40N6O9. The van der Waals surface area contributed by atoms with E-state index in [1.165, 1.54) is 13.8 Å². The van der Waals surface area contributed by atoms with Gasteiger partial charge in [-0.1, -0.05) is 18.2 Å². The minimum Gasteiger partial charge on any atom is -0.497 e. The van der Waals surface area contributed by atoms with Crippen molar-refractivity contribution in [3.63, 3.8) is 0 Å². The number of carbonyl (C=O) groups is 2. The molecule has 0 atom stereocenters. The number of ether oxygens (including phenoxy) is 3. The first-order valence-electron chi connectivity index (χ1n) is 17.1. The number of rotatable bonds is 11. The Kier molecular flexibility index (Phi) is 12.2. The third-order valence-electron chi connectivity index (χ3n) is 8.19. The van der Waals surface area contributed by atoms with Gasteiger partial charge in [0.1, 0.15) is 28.6 Å². The van der Waals surface area contributed by atoms with Crippen LogP contribution in [0.5, 0.6) is 17.2 Å². The molecule has 6 aromatic rings. The highest BCUT2D eigenvalue weighted by atomic mass is 16.6. The summed E-state index contributed by atoms with van der Waals surface area (Å²) in [5.74, 6) is 0.409. The van der Waals surface area contributed by atoms with E-state index >= 15 is 0 Å². The van der Waals surface area contributed by atoms with Crippen LogP contribution in [-0.2, 0) is 9.59 Å². The van der Waals surface area contributed by atoms with Gasteiger partial charge >= 0.3 is 23.3 Å². The molecule has 2 aromatic heterocycles. The Balaban J connectivity index is 0.000000215. The molecule has 15 heteroatoms. The first-order valence-corrected chi connectivity index (χ1v) is 17.1. The second-order valence-corrected chi connectivity index (χ2v) is 12.8. The van der Waals surface area contributed by atoms with Crippen molar-refractivity contribution >= 4 is 57.3 Å². The van der Waals surface area contributed by atoms with Crippen LogP contribution in [0.2, 0.25) is 0 Å². The Bertz CT molecular complexity index is 2480. The van der Waals surface area contributed by atoms with Gasteiger partial charge in [0.2, 0.25) is 0 Å². The highest BCUT2D eigenvalue weighted by Gasteiger charge is 2.27. The second-order valence-electron chi connectivity index (χ2n) is 12.8. The summed E-state index contributed by atoms with van der Waals surface area (Å²) in [4.78, 5) is 49.3. The number of nitro groups is 2. The van der Waals surface area contributed by atoms with Gasteiger partial charge in [-0.25, -0.2) is 0 Å². The van der Waals surface area contributed by atoms with E-state index in [1.54, 1.807) is 99.1 Å². The van der Waals surface area contributed by atoms with Crippen LogP contribution in [0.15, 0.2) is 103 Å². The van der Waals surface area contributed by atoms with E-state index in [4.69, 9.17) is 14.2 Å². The number of hydrogen-bond donors (Lipinski definition) is 0. The fourth-order valence-corrected chi connectivity index (χ4v) is 5.99. The molecule has 0 saturated carbocycles. The fraction of sp³-hybridized carbons (Fsp3) is 0.171. The normalized spacial score (nSPS) is 11.1. The van der Waals surface area contributed by atoms with Crippen molar-refractivity contribution in [1.82, 2.24) is 18.9 Å². The summed E-state index contributed by atoms with van der Waals surface area (Å²) in [5.41, 5.74) is 3.45. The zero-order chi connectivity index (χ0) is 40.7. The molecule has 4 aromatic carbocycles. The van der Waals surface area contributed by atoms with Gasteiger partial charge in [-0.15, -0.1) is 0 Å². The van der Waals surface area contributed by atoms with E-state index in [-0.39, 0.29) is 16.3 Å². The summed E-state index contributed by atoms with van der Waals surface area (Å²) >= 11 is 0. The van der Waals surface area contributed by atoms with Crippen molar-refractivity contribution in [3.05, 3.63) is 135 Å². The predicted molar refractivity (Wildman–Crippen MR) is 214 cm³/mol. The van der Waals surface area contributed by atoms with Crippen molar-refractivity contribution in [2.45, 2.75) is 13.8 Å². The number of benzene rings is 4. The summed E-state index contributed by atoms with van der Waals surface area (Å²) in [7, 11) is 8.93. The van der Waals surface area contributed by atoms with Crippen LogP contribution in [0.1, 0.15) is 25.2 Å². The smallest absolute Gasteiger partial charge is 0.308 e. The summed E-state index contributed by atoms with van der Waals surface area (Å²) in [6.07, 6.45) is 6.90. The molecule has 0 aliphatic carbocycles. The predicted octanol–water partition coefficient (Wildman–Crippen LogP) is 8.00. The number of aromatic nitrogens is 2. The minimum atomic E-state index is -0.464. The second kappa shape index (κ2) is 17.2. The van der Waals surface area contributed by atoms with Crippen LogP contribution in [0.3, 0.4) is 0 Å². The van der Waals surface area contributed by atoms with Gasteiger partial charge in [0, 0.05) is 77.9 Å². The zero-order valence-electron chi connectivity index (χ0n) is 31.8. The first kappa shape index (κ1) is 39.8. The maximum Gasteiger partial charge on any atom is 0.308 e. The van der Waals surface area contributed by atoms with E-state index in [1.807, 2.05) is 70.7 Å². The molecule has 2 heterocycles. The van der Waals surface area contributed by atoms with Crippen LogP contribution in [0.4, 0.5) is 11.4 Å². The van der Waals surface area contributed by atoms with Gasteiger partial charge in [0.05, 0.1) is 38.8 Å². The third kappa shape index (κ3) is 8.85. The van der Waals surface area contributed by atoms with E-state index in [0.29, 0.717) is 56.1 Å². The Morgan fingerprint density at radius 1 is 0.607 bits per heavy atom. The average Bonchev–Trinajstić information content (AvgIpc) is 3.65. The Morgan fingerprint density at radius 3 is 1.36 bits per heavy atom. The van der Waals surface area contributed by atoms with Crippen LogP contribution < -0.4 is 14.2 Å². The van der Waals surface area contributed by atoms with Gasteiger partial charge in [-0.3, -0.25) is 29.8 Å². The number of fused-ring (bicyclic) bond motifs is 2. The van der Waals surface area contributed by atoms with Gasteiger partial charge in [-0.2, -0.15) is 0 Å². The molecule has 0 saturated heterocycles. The summed E-state index contributed by atoms with van der Waals surface area (Å²) in [6, 6.07) is 26.1. The maximum atomic E-state index is 11.9. The molecular weight excluding hydrogens is 720 g/mol. The van der Waals surface area contributed by atoms with Crippen molar-refractivity contribution in [1.29, 1.82) is 0 Å². The van der Waals surface area contributed by atoms with E-state index < -0.39 is 16.9 Å². The SMILES string of the molecule is CC(=O)Oc1ccc2c([N+](=O)[O-])c(C=CN(C)C)n(-c3ccccc3)c2c1.COc1ccc(-n2c(C=CN(C)C)c([N+](=O)[O-])c3ccc(OC(C)=O)cc32)cc1. The standard InChI is InChI=1S/C21H21N3O5.C20H19N3O4/c1-14(25)29-17-9-10-18-20(13-17)23(15-5-7-16(28-4)8-6-15)19(11-12-22(2)3)21(18)24(26)27;1-14(24)27-16-9-10-17-19(13-16)22(15-7-5-4-6-8-15)18(11-12-21(2)3)20(17)23(25)26/h5-13H,1-4H3;4-13H,1-3H3. The highest BCUT2D eigenvalue weighted by molar-refractivity contribution is 5.98. The van der Waals surface area contributed by atoms with Crippen molar-refractivity contribution in [2.75, 3.05) is 35.3 Å². The molecule has 0 bridgehead atoms. The number of carbonyl (C=O) groups excluding carboxylic acids is 2. The summed E-state index contributed by atoms with van der Waals surface area (Å²) < 4.78 is 19.1. The number of hydrogen-bond acceptors (Lipinski definition) is 11. The monoisotopic (exact) mass is 760 g/mol. The number of methoxy groups -OCH3 is 1. The van der Waals surface area contributed by atoms with Gasteiger partial charge in [0.25, 0.3) is 0 Å². The molecule has 0 radical (unpaired) electrons. The summed E-state index contributed by atoms with van der Waals surface area (Å²) in [5, 5.41) is 24.7. The lowest BCUT2D eigenvalue weighted by Crippen LogP contribution is -2.03. The third-order valence-corrected chi connectivity index (χ3v) is 8.19. The molecule has 56 heavy (non-hydrogen) atoms.